The summed E-state index contributed by atoms with van der Waals surface area (Å²) in [6.45, 7) is 3.25. The van der Waals surface area contributed by atoms with Crippen molar-refractivity contribution in [2.45, 2.75) is 25.3 Å². The highest BCUT2D eigenvalue weighted by molar-refractivity contribution is 5.92. The van der Waals surface area contributed by atoms with E-state index in [1.807, 2.05) is 31.2 Å². The Kier molecular flexibility index (Phi) is 3.75. The van der Waals surface area contributed by atoms with Crippen LogP contribution in [0, 0.1) is 0 Å². The largest absolute Gasteiger partial charge is 0.335 e. The van der Waals surface area contributed by atoms with Crippen LogP contribution in [0.15, 0.2) is 36.4 Å². The van der Waals surface area contributed by atoms with Gasteiger partial charge in [0.05, 0.1) is 0 Å². The van der Waals surface area contributed by atoms with Crippen molar-refractivity contribution in [1.29, 1.82) is 0 Å². The second-order valence-corrected chi connectivity index (χ2v) is 5.52. The van der Waals surface area contributed by atoms with Crippen molar-refractivity contribution in [3.8, 4) is 0 Å². The van der Waals surface area contributed by atoms with E-state index in [1.54, 1.807) is 4.90 Å². The fraction of sp³-hybridized carbons (Fsp3) is 0.375. The summed E-state index contributed by atoms with van der Waals surface area (Å²) in [6, 6.07) is 11.9. The van der Waals surface area contributed by atoms with Crippen molar-refractivity contribution in [1.82, 2.24) is 15.1 Å². The van der Waals surface area contributed by atoms with Crippen LogP contribution in [0.4, 0.5) is 0 Å². The Balaban J connectivity index is 1.75. The number of nitrogens with zero attached hydrogens (tertiary/aromatic N) is 2. The molecule has 1 aliphatic heterocycles. The molecule has 1 fully saturated rings. The molecule has 1 amide bonds. The van der Waals surface area contributed by atoms with Gasteiger partial charge in [-0.15, -0.1) is 0 Å². The molecule has 1 saturated heterocycles. The lowest BCUT2D eigenvalue weighted by Crippen LogP contribution is -2.32. The predicted octanol–water partition coefficient (Wildman–Crippen LogP) is 1.54. The van der Waals surface area contributed by atoms with E-state index < -0.39 is 0 Å². The predicted molar refractivity (Wildman–Crippen MR) is 81.0 cm³/mol. The molecule has 0 unspecified atom stereocenters. The second-order valence-electron chi connectivity index (χ2n) is 5.52. The number of aromatic nitrogens is 2. The number of nitrogens with two attached hydrogens (primary N) is 1. The summed E-state index contributed by atoms with van der Waals surface area (Å²) >= 11 is 0. The van der Waals surface area contributed by atoms with Gasteiger partial charge in [0.1, 0.15) is 5.69 Å². The number of H-pyrrole nitrogens is 1. The average molecular weight is 284 g/mol. The highest BCUT2D eigenvalue weighted by Gasteiger charge is 2.34. The second kappa shape index (κ2) is 5.69. The summed E-state index contributed by atoms with van der Waals surface area (Å²) in [5.41, 5.74) is 8.87. The Bertz CT molecular complexity index is 622. The molecular formula is C16H20N4O. The number of nitrogens with one attached hydrogen (secondary N) is 1. The van der Waals surface area contributed by atoms with Gasteiger partial charge >= 0.3 is 0 Å². The van der Waals surface area contributed by atoms with Crippen LogP contribution in [0.2, 0.25) is 0 Å². The fourth-order valence-corrected chi connectivity index (χ4v) is 2.86. The smallest absolute Gasteiger partial charge is 0.274 e. The zero-order valence-electron chi connectivity index (χ0n) is 12.1. The first-order valence-electron chi connectivity index (χ1n) is 7.33. The van der Waals surface area contributed by atoms with Gasteiger partial charge in [-0.2, -0.15) is 5.10 Å². The van der Waals surface area contributed by atoms with Crippen LogP contribution in [-0.2, 0) is 6.42 Å². The summed E-state index contributed by atoms with van der Waals surface area (Å²) in [4.78, 5) is 14.3. The van der Waals surface area contributed by atoms with Crippen molar-refractivity contribution in [2.24, 2.45) is 5.73 Å². The van der Waals surface area contributed by atoms with Gasteiger partial charge in [-0.25, -0.2) is 0 Å². The Morgan fingerprint density at radius 2 is 2.14 bits per heavy atom. The monoisotopic (exact) mass is 284 g/mol. The van der Waals surface area contributed by atoms with Gasteiger partial charge in [-0.1, -0.05) is 37.3 Å². The standard InChI is InChI=1S/C16H20N4O/c1-2-12-8-15(19-18-12)16(21)20-9-13(14(17)10-20)11-6-4-3-5-7-11/h3-8,13-14H,2,9-10,17H2,1H3,(H,18,19)/t13-,14+/m0/s1. The highest BCUT2D eigenvalue weighted by atomic mass is 16.2. The first-order chi connectivity index (χ1) is 10.2. The molecule has 0 aliphatic carbocycles. The van der Waals surface area contributed by atoms with E-state index in [-0.39, 0.29) is 17.9 Å². The fourth-order valence-electron chi connectivity index (χ4n) is 2.86. The number of carbonyl (C=O) groups excluding carboxylic acids is 1. The van der Waals surface area contributed by atoms with Crippen LogP contribution in [-0.4, -0.2) is 40.1 Å². The zero-order valence-corrected chi connectivity index (χ0v) is 12.1. The Morgan fingerprint density at radius 3 is 2.81 bits per heavy atom. The number of amides is 1. The lowest BCUT2D eigenvalue weighted by Gasteiger charge is -2.15. The number of hydrogen-bond donors (Lipinski definition) is 2. The maximum Gasteiger partial charge on any atom is 0.274 e. The van der Waals surface area contributed by atoms with Crippen molar-refractivity contribution in [3.63, 3.8) is 0 Å². The van der Waals surface area contributed by atoms with Crippen LogP contribution in [0.1, 0.15) is 34.6 Å². The molecule has 0 radical (unpaired) electrons. The first-order valence-corrected chi connectivity index (χ1v) is 7.33. The molecule has 5 heteroatoms. The number of benzene rings is 1. The van der Waals surface area contributed by atoms with Crippen LogP contribution in [0.5, 0.6) is 0 Å². The molecule has 2 aromatic rings. The number of hydrogen-bond acceptors (Lipinski definition) is 3. The third kappa shape index (κ3) is 2.69. The van der Waals surface area contributed by atoms with Crippen LogP contribution in [0.25, 0.3) is 0 Å². The van der Waals surface area contributed by atoms with Gasteiger partial charge in [0.15, 0.2) is 0 Å². The summed E-state index contributed by atoms with van der Waals surface area (Å²) in [6.07, 6.45) is 0.840. The van der Waals surface area contributed by atoms with Gasteiger partial charge in [0, 0.05) is 30.7 Å². The lowest BCUT2D eigenvalue weighted by molar-refractivity contribution is 0.0783. The first kappa shape index (κ1) is 13.8. The maximum absolute atomic E-state index is 12.5. The molecule has 3 rings (SSSR count). The Hall–Kier alpha value is -2.14. The van der Waals surface area contributed by atoms with Crippen molar-refractivity contribution in [2.75, 3.05) is 13.1 Å². The third-order valence-corrected chi connectivity index (χ3v) is 4.11. The maximum atomic E-state index is 12.5. The summed E-state index contributed by atoms with van der Waals surface area (Å²) in [7, 11) is 0. The number of rotatable bonds is 3. The van der Waals surface area contributed by atoms with E-state index in [2.05, 4.69) is 22.3 Å². The van der Waals surface area contributed by atoms with E-state index in [0.717, 1.165) is 12.1 Å². The molecule has 0 spiro atoms. The number of likely N-dealkylation sites (tertiary alicyclic amines) is 1. The zero-order chi connectivity index (χ0) is 14.8. The minimum absolute atomic E-state index is 0.0269. The van der Waals surface area contributed by atoms with E-state index >= 15 is 0 Å². The molecule has 3 N–H and O–H groups in total. The van der Waals surface area contributed by atoms with E-state index in [4.69, 9.17) is 5.73 Å². The Labute approximate surface area is 124 Å². The molecule has 1 aromatic heterocycles. The van der Waals surface area contributed by atoms with Gasteiger partial charge in [0.25, 0.3) is 5.91 Å². The van der Waals surface area contributed by atoms with Gasteiger partial charge in [-0.05, 0) is 18.1 Å². The summed E-state index contributed by atoms with van der Waals surface area (Å²) in [5.74, 6) is 0.152. The van der Waals surface area contributed by atoms with Crippen molar-refractivity contribution < 1.29 is 4.79 Å². The molecule has 21 heavy (non-hydrogen) atoms. The number of aromatic amines is 1. The van der Waals surface area contributed by atoms with Crippen LogP contribution >= 0.6 is 0 Å². The molecular weight excluding hydrogens is 264 g/mol. The quantitative estimate of drug-likeness (QED) is 0.897. The minimum atomic E-state index is -0.0418. The molecule has 2 atom stereocenters. The number of aryl methyl sites for hydroxylation is 1. The molecule has 0 saturated carbocycles. The molecule has 2 heterocycles. The molecule has 110 valence electrons. The lowest BCUT2D eigenvalue weighted by atomic mass is 9.95. The van der Waals surface area contributed by atoms with Crippen molar-refractivity contribution in [3.05, 3.63) is 53.3 Å². The molecule has 0 bridgehead atoms. The van der Waals surface area contributed by atoms with Gasteiger partial charge in [-0.3, -0.25) is 9.89 Å². The minimum Gasteiger partial charge on any atom is -0.335 e. The van der Waals surface area contributed by atoms with E-state index in [0.29, 0.717) is 18.8 Å². The van der Waals surface area contributed by atoms with E-state index in [1.165, 1.54) is 5.56 Å². The normalized spacial score (nSPS) is 21.7. The Morgan fingerprint density at radius 1 is 1.38 bits per heavy atom. The van der Waals surface area contributed by atoms with Crippen LogP contribution < -0.4 is 5.73 Å². The topological polar surface area (TPSA) is 75.0 Å². The van der Waals surface area contributed by atoms with Crippen LogP contribution in [0.3, 0.4) is 0 Å². The molecule has 1 aliphatic rings. The van der Waals surface area contributed by atoms with E-state index in [9.17, 15) is 4.79 Å². The highest BCUT2D eigenvalue weighted by Crippen LogP contribution is 2.27. The molecule has 1 aromatic carbocycles. The van der Waals surface area contributed by atoms with Gasteiger partial charge in [0.2, 0.25) is 0 Å². The summed E-state index contributed by atoms with van der Waals surface area (Å²) < 4.78 is 0. The third-order valence-electron chi connectivity index (χ3n) is 4.11. The summed E-state index contributed by atoms with van der Waals surface area (Å²) in [5, 5.41) is 6.98. The molecule has 5 nitrogen and oxygen atoms in total. The SMILES string of the molecule is CCc1cc(C(=O)N2C[C@@H](N)[C@H](c3ccccc3)C2)n[nH]1. The van der Waals surface area contributed by atoms with Gasteiger partial charge < -0.3 is 10.6 Å². The number of carbonyl (C=O) groups is 1. The average Bonchev–Trinajstić information content (AvgIpc) is 3.14. The van der Waals surface area contributed by atoms with Crippen molar-refractivity contribution >= 4 is 5.91 Å².